The molecule has 2 fully saturated rings. The lowest BCUT2D eigenvalue weighted by atomic mass is 9.75. The summed E-state index contributed by atoms with van der Waals surface area (Å²) in [5, 5.41) is 14.2. The number of alkyl halides is 3. The number of benzene rings is 1. The second-order valence-electron chi connectivity index (χ2n) is 5.89. The molecule has 0 aromatic heterocycles. The quantitative estimate of drug-likeness (QED) is 0.614. The molecule has 0 saturated carbocycles. The van der Waals surface area contributed by atoms with Crippen molar-refractivity contribution in [2.45, 2.75) is 23.8 Å². The Balaban J connectivity index is 2.13. The molecule has 0 radical (unpaired) electrons. The molecule has 3 atom stereocenters. The molecule has 2 aliphatic heterocycles. The van der Waals surface area contributed by atoms with Crippen LogP contribution in [0.25, 0.3) is 0 Å². The molecule has 0 bridgehead atoms. The number of thioether (sulfide) groups is 1. The van der Waals surface area contributed by atoms with Gasteiger partial charge in [-0.2, -0.15) is 0 Å². The van der Waals surface area contributed by atoms with Crippen molar-refractivity contribution in [1.82, 2.24) is 5.32 Å². The fourth-order valence-electron chi connectivity index (χ4n) is 3.29. The first-order valence-electron chi connectivity index (χ1n) is 7.48. The van der Waals surface area contributed by atoms with Gasteiger partial charge in [-0.3, -0.25) is 15.4 Å². The maximum absolute atomic E-state index is 12.8. The molecule has 0 aliphatic carbocycles. The molecular weight excluding hydrogens is 363 g/mol. The molecule has 0 amide bonds. The van der Waals surface area contributed by atoms with Crippen LogP contribution < -0.4 is 15.8 Å². The third kappa shape index (κ3) is 3.68. The van der Waals surface area contributed by atoms with Gasteiger partial charge in [-0.05, 0) is 18.4 Å². The molecule has 2 saturated heterocycles. The number of hydrogen-bond donors (Lipinski definition) is 2. The van der Waals surface area contributed by atoms with Crippen LogP contribution in [0, 0.1) is 16.0 Å². The predicted molar refractivity (Wildman–Crippen MR) is 84.0 cm³/mol. The van der Waals surface area contributed by atoms with Gasteiger partial charge in [0.05, 0.1) is 17.1 Å². The lowest BCUT2D eigenvalue weighted by Gasteiger charge is -2.49. The molecule has 7 nitrogen and oxygen atoms in total. The Kier molecular flexibility index (Phi) is 4.84. The molecule has 2 heterocycles. The molecular formula is C14H16F3N3O4S. The highest BCUT2D eigenvalue weighted by Crippen LogP contribution is 2.46. The Morgan fingerprint density at radius 2 is 2.24 bits per heavy atom. The van der Waals surface area contributed by atoms with Gasteiger partial charge in [0.25, 0.3) is 5.69 Å². The van der Waals surface area contributed by atoms with Gasteiger partial charge < -0.3 is 15.2 Å². The van der Waals surface area contributed by atoms with Crippen LogP contribution in [0.3, 0.4) is 0 Å². The van der Waals surface area contributed by atoms with Crippen LogP contribution in [0.15, 0.2) is 18.2 Å². The minimum absolute atomic E-state index is 0.0412. The topological polar surface area (TPSA) is 99.7 Å². The van der Waals surface area contributed by atoms with Crippen LogP contribution in [0.4, 0.5) is 18.9 Å². The van der Waals surface area contributed by atoms with E-state index in [0.29, 0.717) is 18.8 Å². The van der Waals surface area contributed by atoms with Gasteiger partial charge in [0.1, 0.15) is 11.2 Å². The number of non-ortho nitro benzene ring substituents is 1. The van der Waals surface area contributed by atoms with E-state index in [-0.39, 0.29) is 23.8 Å². The van der Waals surface area contributed by atoms with Gasteiger partial charge in [0.2, 0.25) is 0 Å². The van der Waals surface area contributed by atoms with Gasteiger partial charge >= 0.3 is 6.36 Å². The molecule has 11 heteroatoms. The van der Waals surface area contributed by atoms with Gasteiger partial charge in [0, 0.05) is 30.1 Å². The average Bonchev–Trinajstić information content (AvgIpc) is 2.53. The zero-order chi connectivity index (χ0) is 18.2. The SMILES string of the molecule is NC1NC2(c3cc([N+](=O)[O-])ccc3OC(F)(F)F)COCCC2CS1. The Morgan fingerprint density at radius 1 is 1.48 bits per heavy atom. The highest BCUT2D eigenvalue weighted by atomic mass is 32.2. The second kappa shape index (κ2) is 6.63. The number of nitrogens with zero attached hydrogens (tertiary/aromatic N) is 1. The van der Waals surface area contributed by atoms with Crippen LogP contribution in [-0.2, 0) is 10.3 Å². The van der Waals surface area contributed by atoms with E-state index >= 15 is 0 Å². The fraction of sp³-hybridized carbons (Fsp3) is 0.571. The standard InChI is InChI=1S/C14H16F3N3O4S/c15-14(16,17)24-11-2-1-9(20(21)22)5-10(11)13-7-23-4-3-8(13)6-25-12(18)19-13/h1-2,5,8,12,19H,3-4,6-7,18H2. The predicted octanol–water partition coefficient (Wildman–Crippen LogP) is 2.30. The summed E-state index contributed by atoms with van der Waals surface area (Å²) in [7, 11) is 0. The highest BCUT2D eigenvalue weighted by molar-refractivity contribution is 7.99. The maximum Gasteiger partial charge on any atom is 0.573 e. The first-order chi connectivity index (χ1) is 11.7. The normalized spacial score (nSPS) is 29.8. The fourth-order valence-corrected chi connectivity index (χ4v) is 4.48. The van der Waals surface area contributed by atoms with Crippen molar-refractivity contribution < 1.29 is 27.6 Å². The molecule has 2 aliphatic rings. The summed E-state index contributed by atoms with van der Waals surface area (Å²) >= 11 is 1.44. The van der Waals surface area contributed by atoms with E-state index in [9.17, 15) is 23.3 Å². The summed E-state index contributed by atoms with van der Waals surface area (Å²) in [6.07, 6.45) is -4.32. The summed E-state index contributed by atoms with van der Waals surface area (Å²) < 4.78 is 48.1. The van der Waals surface area contributed by atoms with Crippen LogP contribution in [0.2, 0.25) is 0 Å². The van der Waals surface area contributed by atoms with E-state index in [1.165, 1.54) is 11.8 Å². The third-order valence-corrected chi connectivity index (χ3v) is 5.47. The van der Waals surface area contributed by atoms with Crippen molar-refractivity contribution >= 4 is 17.4 Å². The Bertz CT molecular complexity index is 675. The number of hydrogen-bond acceptors (Lipinski definition) is 7. The minimum atomic E-state index is -4.92. The van der Waals surface area contributed by atoms with Crippen molar-refractivity contribution in [3.8, 4) is 5.75 Å². The smallest absolute Gasteiger partial charge is 0.405 e. The van der Waals surface area contributed by atoms with E-state index in [2.05, 4.69) is 10.1 Å². The minimum Gasteiger partial charge on any atom is -0.405 e. The summed E-state index contributed by atoms with van der Waals surface area (Å²) in [5.41, 5.74) is 4.05. The highest BCUT2D eigenvalue weighted by Gasteiger charge is 2.49. The number of halogens is 3. The van der Waals surface area contributed by atoms with Crippen molar-refractivity contribution in [3.63, 3.8) is 0 Å². The lowest BCUT2D eigenvalue weighted by molar-refractivity contribution is -0.385. The zero-order valence-electron chi connectivity index (χ0n) is 12.9. The van der Waals surface area contributed by atoms with E-state index in [0.717, 1.165) is 18.2 Å². The van der Waals surface area contributed by atoms with Gasteiger partial charge in [-0.15, -0.1) is 24.9 Å². The number of nitrogens with one attached hydrogen (secondary N) is 1. The number of fused-ring (bicyclic) bond motifs is 1. The molecule has 0 spiro atoms. The zero-order valence-corrected chi connectivity index (χ0v) is 13.7. The van der Waals surface area contributed by atoms with E-state index in [1.807, 2.05) is 0 Å². The van der Waals surface area contributed by atoms with E-state index in [4.69, 9.17) is 10.5 Å². The molecule has 1 aromatic rings. The van der Waals surface area contributed by atoms with Crippen LogP contribution in [0.1, 0.15) is 12.0 Å². The number of ether oxygens (including phenoxy) is 2. The Hall–Kier alpha value is -1.56. The van der Waals surface area contributed by atoms with Gasteiger partial charge in [0.15, 0.2) is 0 Å². The molecule has 25 heavy (non-hydrogen) atoms. The maximum atomic E-state index is 12.8. The molecule has 3 unspecified atom stereocenters. The number of rotatable bonds is 3. The van der Waals surface area contributed by atoms with E-state index < -0.39 is 28.1 Å². The van der Waals surface area contributed by atoms with E-state index in [1.54, 1.807) is 0 Å². The third-order valence-electron chi connectivity index (χ3n) is 4.39. The second-order valence-corrected chi connectivity index (χ2v) is 7.07. The molecule has 138 valence electrons. The first kappa shape index (κ1) is 18.2. The largest absolute Gasteiger partial charge is 0.573 e. The van der Waals surface area contributed by atoms with Crippen LogP contribution in [0.5, 0.6) is 5.75 Å². The summed E-state index contributed by atoms with van der Waals surface area (Å²) in [5.74, 6) is 0.0231. The Morgan fingerprint density at radius 3 is 2.92 bits per heavy atom. The monoisotopic (exact) mass is 379 g/mol. The Labute approximate surface area is 145 Å². The summed E-state index contributed by atoms with van der Waals surface area (Å²) in [6.45, 7) is 0.523. The van der Waals surface area contributed by atoms with Crippen molar-refractivity contribution in [3.05, 3.63) is 33.9 Å². The number of nitrogens with two attached hydrogens (primary N) is 1. The van der Waals surface area contributed by atoms with Crippen LogP contribution >= 0.6 is 11.8 Å². The number of nitro benzene ring substituents is 1. The van der Waals surface area contributed by atoms with Gasteiger partial charge in [-0.25, -0.2) is 0 Å². The van der Waals surface area contributed by atoms with Crippen molar-refractivity contribution in [2.24, 2.45) is 11.7 Å². The molecule has 3 rings (SSSR count). The first-order valence-corrected chi connectivity index (χ1v) is 8.53. The van der Waals surface area contributed by atoms with Crippen molar-refractivity contribution in [2.75, 3.05) is 19.0 Å². The molecule has 1 aromatic carbocycles. The average molecular weight is 379 g/mol. The van der Waals surface area contributed by atoms with Crippen molar-refractivity contribution in [1.29, 1.82) is 0 Å². The van der Waals surface area contributed by atoms with Crippen LogP contribution in [-0.4, -0.2) is 35.8 Å². The van der Waals surface area contributed by atoms with Gasteiger partial charge in [-0.1, -0.05) is 0 Å². The summed E-state index contributed by atoms with van der Waals surface area (Å²) in [4.78, 5) is 10.5. The summed E-state index contributed by atoms with van der Waals surface area (Å²) in [6, 6.07) is 3.06. The molecule has 3 N–H and O–H groups in total. The number of nitro groups is 1. The lowest BCUT2D eigenvalue weighted by Crippen LogP contribution is -2.63.